The summed E-state index contributed by atoms with van der Waals surface area (Å²) >= 11 is 11.9. The van der Waals surface area contributed by atoms with Crippen molar-refractivity contribution < 1.29 is 18.0 Å². The number of amides is 1. The summed E-state index contributed by atoms with van der Waals surface area (Å²) in [5.41, 5.74) is 0.540. The molecule has 146 valence electrons. The van der Waals surface area contributed by atoms with Gasteiger partial charge in [-0.1, -0.05) is 23.2 Å². The minimum absolute atomic E-state index is 0.0481. The monoisotopic (exact) mass is 430 g/mol. The van der Waals surface area contributed by atoms with Crippen LogP contribution in [0.25, 0.3) is 5.65 Å². The van der Waals surface area contributed by atoms with E-state index >= 15 is 0 Å². The van der Waals surface area contributed by atoms with E-state index in [0.717, 1.165) is 0 Å². The maximum Gasteiger partial charge on any atom is 0.453 e. The van der Waals surface area contributed by atoms with Crippen LogP contribution in [0.3, 0.4) is 0 Å². The normalized spacial score (nSPS) is 17.5. The Morgan fingerprint density at radius 2 is 1.89 bits per heavy atom. The molecule has 0 radical (unpaired) electrons. The molecule has 1 unspecified atom stereocenters. The Bertz CT molecular complexity index is 1070. The van der Waals surface area contributed by atoms with Gasteiger partial charge in [0.15, 0.2) is 5.65 Å². The SMILES string of the molecule is O=C1C(Nc2ccc3nnc(C(F)(F)F)n3n2)CCN1c1ccc(Cl)c(Cl)c1. The van der Waals surface area contributed by atoms with Gasteiger partial charge in [0.05, 0.1) is 10.0 Å². The third kappa shape index (κ3) is 3.33. The molecule has 1 fully saturated rings. The summed E-state index contributed by atoms with van der Waals surface area (Å²) in [5.74, 6) is -1.38. The molecule has 2 aromatic heterocycles. The second-order valence-electron chi connectivity index (χ2n) is 6.08. The second-order valence-corrected chi connectivity index (χ2v) is 6.90. The fourth-order valence-corrected chi connectivity index (χ4v) is 3.24. The molecular formula is C16H11Cl2F3N6O. The van der Waals surface area contributed by atoms with Crippen molar-refractivity contribution in [2.45, 2.75) is 18.6 Å². The van der Waals surface area contributed by atoms with Gasteiger partial charge >= 0.3 is 6.18 Å². The zero-order valence-electron chi connectivity index (χ0n) is 13.9. The highest BCUT2D eigenvalue weighted by Gasteiger charge is 2.38. The molecule has 1 aromatic carbocycles. The predicted molar refractivity (Wildman–Crippen MR) is 96.6 cm³/mol. The molecule has 1 atom stereocenters. The minimum atomic E-state index is -4.70. The fraction of sp³-hybridized carbons (Fsp3) is 0.250. The van der Waals surface area contributed by atoms with Crippen molar-refractivity contribution in [1.82, 2.24) is 19.8 Å². The summed E-state index contributed by atoms with van der Waals surface area (Å²) < 4.78 is 39.6. The molecule has 3 aromatic rings. The maximum atomic E-state index is 13.0. The number of halogens is 5. The van der Waals surface area contributed by atoms with Crippen molar-refractivity contribution >= 4 is 46.3 Å². The van der Waals surface area contributed by atoms with Crippen molar-refractivity contribution in [3.63, 3.8) is 0 Å². The van der Waals surface area contributed by atoms with Gasteiger partial charge < -0.3 is 10.2 Å². The molecule has 1 N–H and O–H groups in total. The lowest BCUT2D eigenvalue weighted by atomic mass is 10.2. The average molecular weight is 431 g/mol. The molecule has 7 nitrogen and oxygen atoms in total. The highest BCUT2D eigenvalue weighted by atomic mass is 35.5. The predicted octanol–water partition coefficient (Wildman–Crippen LogP) is 3.67. The van der Waals surface area contributed by atoms with Gasteiger partial charge in [-0.3, -0.25) is 4.79 Å². The quantitative estimate of drug-likeness (QED) is 0.685. The molecule has 0 spiro atoms. The van der Waals surface area contributed by atoms with E-state index in [2.05, 4.69) is 20.6 Å². The first kappa shape index (κ1) is 18.8. The first-order chi connectivity index (χ1) is 13.2. The number of aromatic nitrogens is 4. The molecule has 0 saturated carbocycles. The molecule has 1 aliphatic heterocycles. The van der Waals surface area contributed by atoms with E-state index in [4.69, 9.17) is 23.2 Å². The van der Waals surface area contributed by atoms with Crippen LogP contribution in [0.4, 0.5) is 24.7 Å². The van der Waals surface area contributed by atoms with Crippen molar-refractivity contribution in [2.75, 3.05) is 16.8 Å². The summed E-state index contributed by atoms with van der Waals surface area (Å²) in [6, 6.07) is 6.98. The fourth-order valence-electron chi connectivity index (χ4n) is 2.94. The summed E-state index contributed by atoms with van der Waals surface area (Å²) in [5, 5.41) is 14.0. The number of carbonyl (C=O) groups is 1. The van der Waals surface area contributed by atoms with Crippen molar-refractivity contribution in [2.24, 2.45) is 0 Å². The lowest BCUT2D eigenvalue weighted by Gasteiger charge is -2.18. The number of nitrogens with one attached hydrogen (secondary N) is 1. The molecule has 0 aliphatic carbocycles. The summed E-state index contributed by atoms with van der Waals surface area (Å²) in [7, 11) is 0. The van der Waals surface area contributed by atoms with E-state index in [1.54, 1.807) is 18.2 Å². The Kier molecular flexibility index (Phi) is 4.54. The molecular weight excluding hydrogens is 420 g/mol. The number of fused-ring (bicyclic) bond motifs is 1. The molecule has 4 rings (SSSR count). The van der Waals surface area contributed by atoms with Crippen molar-refractivity contribution in [1.29, 1.82) is 0 Å². The van der Waals surface area contributed by atoms with Gasteiger partial charge in [-0.15, -0.1) is 15.3 Å². The number of hydrogen-bond acceptors (Lipinski definition) is 5. The number of anilines is 2. The third-order valence-corrected chi connectivity index (χ3v) is 5.00. The molecule has 1 aliphatic rings. The topological polar surface area (TPSA) is 75.4 Å². The van der Waals surface area contributed by atoms with Crippen LogP contribution in [0, 0.1) is 0 Å². The third-order valence-electron chi connectivity index (χ3n) is 4.26. The Morgan fingerprint density at radius 3 is 2.61 bits per heavy atom. The van der Waals surface area contributed by atoms with Crippen LogP contribution in [0.2, 0.25) is 10.0 Å². The lowest BCUT2D eigenvalue weighted by molar-refractivity contribution is -0.146. The first-order valence-electron chi connectivity index (χ1n) is 8.06. The van der Waals surface area contributed by atoms with Gasteiger partial charge in [-0.05, 0) is 36.8 Å². The highest BCUT2D eigenvalue weighted by molar-refractivity contribution is 6.42. The van der Waals surface area contributed by atoms with Crippen LogP contribution in [0.1, 0.15) is 12.2 Å². The number of benzene rings is 1. The number of alkyl halides is 3. The van der Waals surface area contributed by atoms with Crippen molar-refractivity contribution in [3.8, 4) is 0 Å². The van der Waals surface area contributed by atoms with Crippen LogP contribution in [-0.2, 0) is 11.0 Å². The zero-order chi connectivity index (χ0) is 20.1. The Labute approximate surface area is 166 Å². The van der Waals surface area contributed by atoms with Crippen LogP contribution in [-0.4, -0.2) is 38.3 Å². The van der Waals surface area contributed by atoms with Gasteiger partial charge in [0.1, 0.15) is 11.9 Å². The smallest absolute Gasteiger partial charge is 0.357 e. The van der Waals surface area contributed by atoms with E-state index in [1.807, 2.05) is 0 Å². The molecule has 1 saturated heterocycles. The van der Waals surface area contributed by atoms with E-state index < -0.39 is 18.0 Å². The van der Waals surface area contributed by atoms with E-state index in [-0.39, 0.29) is 17.4 Å². The Hall–Kier alpha value is -2.59. The van der Waals surface area contributed by atoms with Crippen molar-refractivity contribution in [3.05, 3.63) is 46.2 Å². The van der Waals surface area contributed by atoms with Gasteiger partial charge in [-0.25, -0.2) is 0 Å². The minimum Gasteiger partial charge on any atom is -0.357 e. The van der Waals surface area contributed by atoms with E-state index in [1.165, 1.54) is 17.0 Å². The Balaban J connectivity index is 1.56. The van der Waals surface area contributed by atoms with Gasteiger partial charge in [0.25, 0.3) is 5.82 Å². The molecule has 0 bridgehead atoms. The van der Waals surface area contributed by atoms with Crippen LogP contribution in [0.15, 0.2) is 30.3 Å². The van der Waals surface area contributed by atoms with Gasteiger partial charge in [-0.2, -0.15) is 17.7 Å². The number of rotatable bonds is 3. The molecule has 3 heterocycles. The van der Waals surface area contributed by atoms with Gasteiger partial charge in [0, 0.05) is 12.2 Å². The number of carbonyl (C=O) groups excluding carboxylic acids is 1. The maximum absolute atomic E-state index is 13.0. The Morgan fingerprint density at radius 1 is 1.11 bits per heavy atom. The average Bonchev–Trinajstić information content (AvgIpc) is 3.21. The molecule has 12 heteroatoms. The lowest BCUT2D eigenvalue weighted by Crippen LogP contribution is -2.33. The number of nitrogens with zero attached hydrogens (tertiary/aromatic N) is 5. The van der Waals surface area contributed by atoms with E-state index in [9.17, 15) is 18.0 Å². The summed E-state index contributed by atoms with van der Waals surface area (Å²) in [4.78, 5) is 14.2. The van der Waals surface area contributed by atoms with E-state index in [0.29, 0.717) is 33.2 Å². The van der Waals surface area contributed by atoms with Crippen LogP contribution < -0.4 is 10.2 Å². The van der Waals surface area contributed by atoms with Gasteiger partial charge in [0.2, 0.25) is 5.91 Å². The molecule has 1 amide bonds. The largest absolute Gasteiger partial charge is 0.453 e. The first-order valence-corrected chi connectivity index (χ1v) is 8.82. The highest BCUT2D eigenvalue weighted by Crippen LogP contribution is 2.31. The van der Waals surface area contributed by atoms with Crippen LogP contribution in [0.5, 0.6) is 0 Å². The molecule has 28 heavy (non-hydrogen) atoms. The summed E-state index contributed by atoms with van der Waals surface area (Å²) in [6.45, 7) is 0.414. The standard InChI is InChI=1S/C16H11Cl2F3N6O/c17-9-2-1-8(7-10(9)18)26-6-5-11(14(26)28)22-12-3-4-13-23-24-15(16(19,20)21)27(13)25-12/h1-4,7,11H,5-6H2,(H,22,25). The number of hydrogen-bond donors (Lipinski definition) is 1. The van der Waals surface area contributed by atoms with Crippen LogP contribution >= 0.6 is 23.2 Å². The second kappa shape index (κ2) is 6.78. The summed E-state index contributed by atoms with van der Waals surface area (Å²) in [6.07, 6.45) is -4.26. The zero-order valence-corrected chi connectivity index (χ0v) is 15.4.